The summed E-state index contributed by atoms with van der Waals surface area (Å²) in [4.78, 5) is 12.2. The summed E-state index contributed by atoms with van der Waals surface area (Å²) in [6, 6.07) is 0. The molecular formula is C9H10N4OS2. The Morgan fingerprint density at radius 2 is 2.31 bits per heavy atom. The smallest absolute Gasteiger partial charge is 0.241 e. The van der Waals surface area contributed by atoms with Crippen LogP contribution in [-0.4, -0.2) is 21.6 Å². The Hall–Kier alpha value is -1.34. The van der Waals surface area contributed by atoms with Gasteiger partial charge < -0.3 is 10.5 Å². The summed E-state index contributed by atoms with van der Waals surface area (Å²) < 4.78 is 6.19. The lowest BCUT2D eigenvalue weighted by Crippen LogP contribution is -2.02. The maximum Gasteiger partial charge on any atom is 0.241 e. The van der Waals surface area contributed by atoms with Crippen molar-refractivity contribution < 1.29 is 4.74 Å². The van der Waals surface area contributed by atoms with Gasteiger partial charge in [-0.25, -0.2) is 9.97 Å². The van der Waals surface area contributed by atoms with Gasteiger partial charge in [-0.05, 0) is 18.7 Å². The fourth-order valence-corrected chi connectivity index (χ4v) is 2.57. The van der Waals surface area contributed by atoms with Gasteiger partial charge >= 0.3 is 0 Å². The molecule has 2 aromatic heterocycles. The standard InChI is InChI=1S/C9H10N4OS2/c1-2-14-7-6(10)8(13-5-12-7)16-9-11-3-4-15-9/h3-5H,2,10H2,1H3. The third kappa shape index (κ3) is 2.42. The summed E-state index contributed by atoms with van der Waals surface area (Å²) in [5.41, 5.74) is 6.35. The molecule has 0 aliphatic heterocycles. The molecule has 84 valence electrons. The van der Waals surface area contributed by atoms with Gasteiger partial charge in [0.05, 0.1) is 6.61 Å². The minimum absolute atomic E-state index is 0.427. The molecule has 2 aromatic rings. The van der Waals surface area contributed by atoms with Crippen LogP contribution in [0.15, 0.2) is 27.3 Å². The molecule has 0 spiro atoms. The Bertz CT molecular complexity index is 461. The number of aromatic nitrogens is 3. The van der Waals surface area contributed by atoms with Crippen LogP contribution in [-0.2, 0) is 0 Å². The fraction of sp³-hybridized carbons (Fsp3) is 0.222. The largest absolute Gasteiger partial charge is 0.476 e. The molecule has 2 rings (SSSR count). The zero-order valence-electron chi connectivity index (χ0n) is 8.58. The molecule has 0 fully saturated rings. The molecule has 0 unspecified atom stereocenters. The molecule has 16 heavy (non-hydrogen) atoms. The highest BCUT2D eigenvalue weighted by atomic mass is 32.2. The Balaban J connectivity index is 2.24. The maximum absolute atomic E-state index is 5.89. The number of hydrogen-bond acceptors (Lipinski definition) is 7. The highest BCUT2D eigenvalue weighted by molar-refractivity contribution is 8.01. The highest BCUT2D eigenvalue weighted by Gasteiger charge is 2.11. The summed E-state index contributed by atoms with van der Waals surface area (Å²) in [5, 5.41) is 2.58. The third-order valence-corrected chi connectivity index (χ3v) is 3.59. The van der Waals surface area contributed by atoms with E-state index in [9.17, 15) is 0 Å². The van der Waals surface area contributed by atoms with E-state index in [1.807, 2.05) is 12.3 Å². The molecule has 2 N–H and O–H groups in total. The van der Waals surface area contributed by atoms with Crippen molar-refractivity contribution in [2.24, 2.45) is 0 Å². The van der Waals surface area contributed by atoms with Crippen LogP contribution in [0.5, 0.6) is 5.88 Å². The van der Waals surface area contributed by atoms with Crippen LogP contribution < -0.4 is 10.5 Å². The predicted octanol–water partition coefficient (Wildman–Crippen LogP) is 2.07. The van der Waals surface area contributed by atoms with E-state index in [0.29, 0.717) is 23.2 Å². The van der Waals surface area contributed by atoms with Gasteiger partial charge in [-0.15, -0.1) is 11.3 Å². The van der Waals surface area contributed by atoms with E-state index >= 15 is 0 Å². The first-order valence-corrected chi connectivity index (χ1v) is 6.31. The minimum Gasteiger partial charge on any atom is -0.476 e. The van der Waals surface area contributed by atoms with Crippen LogP contribution in [0.25, 0.3) is 0 Å². The first-order chi connectivity index (χ1) is 7.81. The molecule has 2 heterocycles. The Labute approximate surface area is 101 Å². The van der Waals surface area contributed by atoms with Gasteiger partial charge in [-0.2, -0.15) is 4.98 Å². The molecule has 0 saturated heterocycles. The summed E-state index contributed by atoms with van der Waals surface area (Å²) in [7, 11) is 0. The molecule has 7 heteroatoms. The molecule has 0 amide bonds. The normalized spacial score (nSPS) is 10.3. The summed E-state index contributed by atoms with van der Waals surface area (Å²) >= 11 is 2.95. The molecule has 5 nitrogen and oxygen atoms in total. The number of thiazole rings is 1. The van der Waals surface area contributed by atoms with E-state index in [0.717, 1.165) is 4.34 Å². The van der Waals surface area contributed by atoms with Crippen molar-refractivity contribution in [1.82, 2.24) is 15.0 Å². The lowest BCUT2D eigenvalue weighted by Gasteiger charge is -2.07. The lowest BCUT2D eigenvalue weighted by molar-refractivity contribution is 0.327. The van der Waals surface area contributed by atoms with Gasteiger partial charge in [-0.1, -0.05) is 0 Å². The fourth-order valence-electron chi connectivity index (χ4n) is 1.04. The van der Waals surface area contributed by atoms with Crippen molar-refractivity contribution in [3.05, 3.63) is 17.9 Å². The average Bonchev–Trinajstić information content (AvgIpc) is 2.77. The minimum atomic E-state index is 0.427. The van der Waals surface area contributed by atoms with E-state index in [4.69, 9.17) is 10.5 Å². The Kier molecular flexibility index (Phi) is 3.58. The molecule has 0 atom stereocenters. The zero-order chi connectivity index (χ0) is 11.4. The lowest BCUT2D eigenvalue weighted by atomic mass is 10.5. The van der Waals surface area contributed by atoms with Crippen LogP contribution in [0.4, 0.5) is 5.69 Å². The Morgan fingerprint density at radius 1 is 1.44 bits per heavy atom. The number of nitrogen functional groups attached to an aromatic ring is 1. The monoisotopic (exact) mass is 254 g/mol. The summed E-state index contributed by atoms with van der Waals surface area (Å²) in [6.45, 7) is 2.41. The van der Waals surface area contributed by atoms with Gasteiger partial charge in [0.2, 0.25) is 5.88 Å². The van der Waals surface area contributed by atoms with Crippen molar-refractivity contribution in [3.63, 3.8) is 0 Å². The van der Waals surface area contributed by atoms with Crippen molar-refractivity contribution >= 4 is 28.8 Å². The first-order valence-electron chi connectivity index (χ1n) is 4.62. The number of anilines is 1. The van der Waals surface area contributed by atoms with E-state index < -0.39 is 0 Å². The quantitative estimate of drug-likeness (QED) is 0.842. The molecule has 0 radical (unpaired) electrons. The van der Waals surface area contributed by atoms with Gasteiger partial charge in [0.1, 0.15) is 17.0 Å². The van der Waals surface area contributed by atoms with E-state index in [1.54, 1.807) is 17.5 Å². The van der Waals surface area contributed by atoms with Crippen molar-refractivity contribution in [1.29, 1.82) is 0 Å². The van der Waals surface area contributed by atoms with Crippen LogP contribution in [0.2, 0.25) is 0 Å². The van der Waals surface area contributed by atoms with Crippen LogP contribution in [0, 0.1) is 0 Å². The number of hydrogen-bond donors (Lipinski definition) is 1. The number of nitrogens with two attached hydrogens (primary N) is 1. The molecule has 0 bridgehead atoms. The topological polar surface area (TPSA) is 73.9 Å². The second kappa shape index (κ2) is 5.13. The highest BCUT2D eigenvalue weighted by Crippen LogP contribution is 2.34. The number of nitrogens with zero attached hydrogens (tertiary/aromatic N) is 3. The first kappa shape index (κ1) is 11.2. The second-order valence-corrected chi connectivity index (χ2v) is 4.86. The summed E-state index contributed by atoms with van der Waals surface area (Å²) in [5.74, 6) is 0.427. The van der Waals surface area contributed by atoms with Crippen LogP contribution in [0.3, 0.4) is 0 Å². The van der Waals surface area contributed by atoms with E-state index in [-0.39, 0.29) is 0 Å². The molecule has 0 aromatic carbocycles. The van der Waals surface area contributed by atoms with Gasteiger partial charge in [-0.3, -0.25) is 0 Å². The van der Waals surface area contributed by atoms with Gasteiger partial charge in [0.15, 0.2) is 4.34 Å². The second-order valence-electron chi connectivity index (χ2n) is 2.73. The SMILES string of the molecule is CCOc1ncnc(Sc2nccs2)c1N. The van der Waals surface area contributed by atoms with E-state index in [1.165, 1.54) is 18.1 Å². The molecule has 0 saturated carbocycles. The van der Waals surface area contributed by atoms with Crippen LogP contribution in [0.1, 0.15) is 6.92 Å². The number of rotatable bonds is 4. The van der Waals surface area contributed by atoms with Gasteiger partial charge in [0.25, 0.3) is 0 Å². The van der Waals surface area contributed by atoms with Gasteiger partial charge in [0, 0.05) is 11.6 Å². The molecule has 0 aliphatic carbocycles. The van der Waals surface area contributed by atoms with Crippen LogP contribution >= 0.6 is 23.1 Å². The van der Waals surface area contributed by atoms with Crippen molar-refractivity contribution in [2.45, 2.75) is 16.3 Å². The zero-order valence-corrected chi connectivity index (χ0v) is 10.2. The average molecular weight is 254 g/mol. The van der Waals surface area contributed by atoms with E-state index in [2.05, 4.69) is 15.0 Å². The number of ether oxygens (including phenoxy) is 1. The Morgan fingerprint density at radius 3 is 3.00 bits per heavy atom. The summed E-state index contributed by atoms with van der Waals surface area (Å²) in [6.07, 6.45) is 3.19. The molecular weight excluding hydrogens is 244 g/mol. The third-order valence-electron chi connectivity index (χ3n) is 1.69. The van der Waals surface area contributed by atoms with Crippen molar-refractivity contribution in [3.8, 4) is 5.88 Å². The molecule has 0 aliphatic rings. The predicted molar refractivity (Wildman–Crippen MR) is 63.9 cm³/mol. The maximum atomic E-state index is 5.89. The van der Waals surface area contributed by atoms with Crippen molar-refractivity contribution in [2.75, 3.05) is 12.3 Å².